The quantitative estimate of drug-likeness (QED) is 0.808. The van der Waals surface area contributed by atoms with Gasteiger partial charge in [-0.05, 0) is 50.3 Å². The van der Waals surface area contributed by atoms with Gasteiger partial charge >= 0.3 is 0 Å². The first kappa shape index (κ1) is 16.5. The Morgan fingerprint density at radius 3 is 2.54 bits per heavy atom. The summed E-state index contributed by atoms with van der Waals surface area (Å²) >= 11 is 0. The second-order valence-electron chi connectivity index (χ2n) is 6.62. The average molecular weight is 323 g/mol. The van der Waals surface area contributed by atoms with Gasteiger partial charge < -0.3 is 4.90 Å². The highest BCUT2D eigenvalue weighted by Gasteiger charge is 2.22. The molecule has 1 amide bonds. The minimum atomic E-state index is 0.114. The Hall–Kier alpha value is -2.36. The molecule has 0 N–H and O–H groups in total. The van der Waals surface area contributed by atoms with E-state index in [0.29, 0.717) is 5.92 Å². The minimum absolute atomic E-state index is 0.114. The minimum Gasteiger partial charge on any atom is -0.339 e. The third-order valence-corrected chi connectivity index (χ3v) is 4.68. The highest BCUT2D eigenvalue weighted by atomic mass is 16.2. The first-order valence-corrected chi connectivity index (χ1v) is 8.65. The molecule has 2 aromatic rings. The summed E-state index contributed by atoms with van der Waals surface area (Å²) in [6, 6.07) is 12.1. The van der Waals surface area contributed by atoms with Gasteiger partial charge in [-0.1, -0.05) is 30.3 Å². The smallest absolute Gasteiger partial charge is 0.246 e. The Kier molecular flexibility index (Phi) is 5.14. The fourth-order valence-corrected chi connectivity index (χ4v) is 3.28. The van der Waals surface area contributed by atoms with Gasteiger partial charge in [-0.2, -0.15) is 5.10 Å². The molecular formula is C20H25N3O. The third-order valence-electron chi connectivity index (χ3n) is 4.68. The zero-order chi connectivity index (χ0) is 16.9. The SMILES string of the molecule is Cc1cc(C)n(CC2CCN(C(=O)/C=C/c3ccccc3)CC2)n1. The number of carbonyl (C=O) groups excluding carboxylic acids is 1. The second-order valence-corrected chi connectivity index (χ2v) is 6.62. The van der Waals surface area contributed by atoms with Gasteiger partial charge in [0, 0.05) is 31.4 Å². The van der Waals surface area contributed by atoms with Crippen LogP contribution in [0.25, 0.3) is 6.08 Å². The van der Waals surface area contributed by atoms with Crippen LogP contribution in [0.15, 0.2) is 42.5 Å². The van der Waals surface area contributed by atoms with Crippen LogP contribution < -0.4 is 0 Å². The van der Waals surface area contributed by atoms with Gasteiger partial charge in [-0.3, -0.25) is 9.48 Å². The predicted molar refractivity (Wildman–Crippen MR) is 96.5 cm³/mol. The molecule has 1 aliphatic rings. The van der Waals surface area contributed by atoms with E-state index in [2.05, 4.69) is 22.8 Å². The number of piperidine rings is 1. The Bertz CT molecular complexity index is 710. The number of hydrogen-bond donors (Lipinski definition) is 0. The summed E-state index contributed by atoms with van der Waals surface area (Å²) < 4.78 is 2.10. The Balaban J connectivity index is 1.50. The van der Waals surface area contributed by atoms with Crippen LogP contribution in [0.5, 0.6) is 0 Å². The molecule has 0 radical (unpaired) electrons. The summed E-state index contributed by atoms with van der Waals surface area (Å²) in [7, 11) is 0. The van der Waals surface area contributed by atoms with Crippen LogP contribution in [0.3, 0.4) is 0 Å². The van der Waals surface area contributed by atoms with E-state index < -0.39 is 0 Å². The van der Waals surface area contributed by atoms with Crippen LogP contribution in [0.1, 0.15) is 29.8 Å². The van der Waals surface area contributed by atoms with Gasteiger partial charge in [-0.15, -0.1) is 0 Å². The molecular weight excluding hydrogens is 298 g/mol. The monoisotopic (exact) mass is 323 g/mol. The molecule has 4 nitrogen and oxygen atoms in total. The summed E-state index contributed by atoms with van der Waals surface area (Å²) in [4.78, 5) is 14.3. The largest absolute Gasteiger partial charge is 0.339 e. The van der Waals surface area contributed by atoms with Crippen molar-refractivity contribution in [2.45, 2.75) is 33.2 Å². The Morgan fingerprint density at radius 2 is 1.92 bits per heavy atom. The van der Waals surface area contributed by atoms with Crippen LogP contribution in [-0.2, 0) is 11.3 Å². The van der Waals surface area contributed by atoms with Crippen molar-refractivity contribution < 1.29 is 4.79 Å². The molecule has 1 saturated heterocycles. The molecule has 1 aromatic heterocycles. The maximum Gasteiger partial charge on any atom is 0.246 e. The lowest BCUT2D eigenvalue weighted by atomic mass is 9.96. The number of carbonyl (C=O) groups is 1. The molecule has 0 atom stereocenters. The van der Waals surface area contributed by atoms with Gasteiger partial charge in [0.2, 0.25) is 5.91 Å². The molecule has 0 saturated carbocycles. The van der Waals surface area contributed by atoms with E-state index in [1.54, 1.807) is 6.08 Å². The number of benzene rings is 1. The third kappa shape index (κ3) is 4.13. The number of hydrogen-bond acceptors (Lipinski definition) is 2. The van der Waals surface area contributed by atoms with Gasteiger partial charge in [0.25, 0.3) is 0 Å². The fourth-order valence-electron chi connectivity index (χ4n) is 3.28. The molecule has 1 aliphatic heterocycles. The highest BCUT2D eigenvalue weighted by molar-refractivity contribution is 5.91. The van der Waals surface area contributed by atoms with E-state index in [1.165, 1.54) is 5.69 Å². The zero-order valence-corrected chi connectivity index (χ0v) is 14.5. The molecule has 0 aliphatic carbocycles. The number of aryl methyl sites for hydroxylation is 2. The normalized spacial score (nSPS) is 16.0. The zero-order valence-electron chi connectivity index (χ0n) is 14.5. The number of likely N-dealkylation sites (tertiary alicyclic amines) is 1. The molecule has 24 heavy (non-hydrogen) atoms. The maximum atomic E-state index is 12.3. The number of amides is 1. The van der Waals surface area contributed by atoms with E-state index in [-0.39, 0.29) is 5.91 Å². The fraction of sp³-hybridized carbons (Fsp3) is 0.400. The van der Waals surface area contributed by atoms with Gasteiger partial charge in [0.05, 0.1) is 5.69 Å². The Morgan fingerprint density at radius 1 is 1.21 bits per heavy atom. The summed E-state index contributed by atoms with van der Waals surface area (Å²) in [5.74, 6) is 0.716. The van der Waals surface area contributed by atoms with Crippen molar-refractivity contribution in [3.05, 3.63) is 59.4 Å². The topological polar surface area (TPSA) is 38.1 Å². The van der Waals surface area contributed by atoms with Crippen molar-refractivity contribution in [1.82, 2.24) is 14.7 Å². The van der Waals surface area contributed by atoms with Crippen LogP contribution in [0.4, 0.5) is 0 Å². The van der Waals surface area contributed by atoms with E-state index in [4.69, 9.17) is 0 Å². The lowest BCUT2D eigenvalue weighted by Crippen LogP contribution is -2.38. The van der Waals surface area contributed by atoms with Crippen LogP contribution >= 0.6 is 0 Å². The van der Waals surface area contributed by atoms with Gasteiger partial charge in [0.1, 0.15) is 0 Å². The highest BCUT2D eigenvalue weighted by Crippen LogP contribution is 2.20. The van der Waals surface area contributed by atoms with Crippen molar-refractivity contribution in [1.29, 1.82) is 0 Å². The van der Waals surface area contributed by atoms with Crippen LogP contribution in [0, 0.1) is 19.8 Å². The molecule has 3 rings (SSSR count). The number of aromatic nitrogens is 2. The van der Waals surface area contributed by atoms with Crippen molar-refractivity contribution >= 4 is 12.0 Å². The number of rotatable bonds is 4. The molecule has 0 bridgehead atoms. The average Bonchev–Trinajstić information content (AvgIpc) is 2.91. The van der Waals surface area contributed by atoms with E-state index in [9.17, 15) is 4.79 Å². The summed E-state index contributed by atoms with van der Waals surface area (Å²) in [6.45, 7) is 6.77. The first-order valence-electron chi connectivity index (χ1n) is 8.65. The van der Waals surface area contributed by atoms with Crippen LogP contribution in [0.2, 0.25) is 0 Å². The lowest BCUT2D eigenvalue weighted by Gasteiger charge is -2.31. The molecule has 126 valence electrons. The first-order chi connectivity index (χ1) is 11.6. The summed E-state index contributed by atoms with van der Waals surface area (Å²) in [5, 5.41) is 4.55. The van der Waals surface area contributed by atoms with Crippen molar-refractivity contribution in [3.63, 3.8) is 0 Å². The molecule has 2 heterocycles. The molecule has 1 aromatic carbocycles. The maximum absolute atomic E-state index is 12.3. The molecule has 0 unspecified atom stereocenters. The van der Waals surface area contributed by atoms with Crippen molar-refractivity contribution in [2.24, 2.45) is 5.92 Å². The molecule has 1 fully saturated rings. The Labute approximate surface area is 143 Å². The van der Waals surface area contributed by atoms with E-state index in [1.807, 2.05) is 48.2 Å². The summed E-state index contributed by atoms with van der Waals surface area (Å²) in [6.07, 6.45) is 5.67. The van der Waals surface area contributed by atoms with Crippen molar-refractivity contribution in [2.75, 3.05) is 13.1 Å². The lowest BCUT2D eigenvalue weighted by molar-refractivity contribution is -0.127. The van der Waals surface area contributed by atoms with Crippen LogP contribution in [-0.4, -0.2) is 33.7 Å². The molecule has 0 spiro atoms. The van der Waals surface area contributed by atoms with E-state index >= 15 is 0 Å². The van der Waals surface area contributed by atoms with E-state index in [0.717, 1.165) is 43.7 Å². The predicted octanol–water partition coefficient (Wildman–Crippen LogP) is 3.45. The number of nitrogens with zero attached hydrogens (tertiary/aromatic N) is 3. The molecule has 4 heteroatoms. The second kappa shape index (κ2) is 7.47. The summed E-state index contributed by atoms with van der Waals surface area (Å²) in [5.41, 5.74) is 3.35. The standard InChI is InChI=1S/C20H25N3O/c1-16-14-17(2)23(21-16)15-19-10-12-22(13-11-19)20(24)9-8-18-6-4-3-5-7-18/h3-9,14,19H,10-13,15H2,1-2H3/b9-8+. The van der Waals surface area contributed by atoms with Gasteiger partial charge in [-0.25, -0.2) is 0 Å². The van der Waals surface area contributed by atoms with Crippen molar-refractivity contribution in [3.8, 4) is 0 Å². The van der Waals surface area contributed by atoms with Gasteiger partial charge in [0.15, 0.2) is 0 Å².